The molecule has 6 heteroatoms. The highest BCUT2D eigenvalue weighted by Crippen LogP contribution is 2.26. The average Bonchev–Trinajstić information content (AvgIpc) is 2.32. The van der Waals surface area contributed by atoms with Crippen molar-refractivity contribution in [3.05, 3.63) is 28.5 Å². The molecule has 1 aromatic carbocycles. The first-order valence-electron chi connectivity index (χ1n) is 5.43. The van der Waals surface area contributed by atoms with E-state index < -0.39 is 6.10 Å². The van der Waals surface area contributed by atoms with Crippen LogP contribution in [-0.2, 0) is 9.53 Å². The summed E-state index contributed by atoms with van der Waals surface area (Å²) in [5.74, 6) is -0.194. The lowest BCUT2D eigenvalue weighted by atomic mass is 10.3. The molecule has 0 aromatic heterocycles. The number of hydrogen-bond donors (Lipinski definition) is 1. The molecule has 0 fully saturated rings. The van der Waals surface area contributed by atoms with Crippen LogP contribution in [0.1, 0.15) is 6.92 Å². The molecule has 1 atom stereocenters. The van der Waals surface area contributed by atoms with Crippen molar-refractivity contribution in [2.24, 2.45) is 0 Å². The number of halogens is 2. The maximum absolute atomic E-state index is 12.9. The number of rotatable bonds is 6. The standard InChI is InChI=1S/C12H15BrFNO3/c1-8(12(16)15-5-6-17-2)18-11-4-3-9(14)7-10(11)13/h3-4,7-8H,5-6H2,1-2H3,(H,15,16)/t8-/m1/s1. The first kappa shape index (κ1) is 14.9. The van der Waals surface area contributed by atoms with Crippen LogP contribution in [0.2, 0.25) is 0 Å². The monoisotopic (exact) mass is 319 g/mol. The van der Waals surface area contributed by atoms with Crippen molar-refractivity contribution in [2.75, 3.05) is 20.3 Å². The summed E-state index contributed by atoms with van der Waals surface area (Å²) >= 11 is 3.17. The van der Waals surface area contributed by atoms with Gasteiger partial charge in [0.15, 0.2) is 6.10 Å². The van der Waals surface area contributed by atoms with Crippen LogP contribution in [0.4, 0.5) is 4.39 Å². The van der Waals surface area contributed by atoms with Crippen LogP contribution in [-0.4, -0.2) is 32.3 Å². The van der Waals surface area contributed by atoms with Crippen LogP contribution >= 0.6 is 15.9 Å². The average molecular weight is 320 g/mol. The Labute approximate surface area is 114 Å². The van der Waals surface area contributed by atoms with Crippen LogP contribution in [0.5, 0.6) is 5.75 Å². The number of carbonyl (C=O) groups is 1. The summed E-state index contributed by atoms with van der Waals surface area (Å²) in [5.41, 5.74) is 0. The number of hydrogen-bond acceptors (Lipinski definition) is 3. The minimum atomic E-state index is -0.663. The fraction of sp³-hybridized carbons (Fsp3) is 0.417. The number of benzene rings is 1. The van der Waals surface area contributed by atoms with E-state index in [1.165, 1.54) is 18.2 Å². The van der Waals surface area contributed by atoms with Crippen LogP contribution < -0.4 is 10.1 Å². The predicted octanol–water partition coefficient (Wildman–Crippen LogP) is 2.12. The van der Waals surface area contributed by atoms with Gasteiger partial charge in [0.05, 0.1) is 11.1 Å². The molecule has 0 heterocycles. The van der Waals surface area contributed by atoms with Gasteiger partial charge in [-0.05, 0) is 41.1 Å². The van der Waals surface area contributed by atoms with Crippen molar-refractivity contribution >= 4 is 21.8 Å². The molecule has 0 aliphatic carbocycles. The Morgan fingerprint density at radius 2 is 2.28 bits per heavy atom. The minimum absolute atomic E-state index is 0.247. The second-order valence-corrected chi connectivity index (χ2v) is 4.47. The first-order valence-corrected chi connectivity index (χ1v) is 6.22. The number of carbonyl (C=O) groups excluding carboxylic acids is 1. The van der Waals surface area contributed by atoms with E-state index in [-0.39, 0.29) is 11.7 Å². The third-order valence-corrected chi connectivity index (χ3v) is 2.79. The minimum Gasteiger partial charge on any atom is -0.480 e. The fourth-order valence-electron chi connectivity index (χ4n) is 1.23. The zero-order chi connectivity index (χ0) is 13.5. The van der Waals surface area contributed by atoms with Gasteiger partial charge in [-0.2, -0.15) is 0 Å². The molecule has 0 aliphatic heterocycles. The zero-order valence-corrected chi connectivity index (χ0v) is 11.8. The first-order chi connectivity index (χ1) is 8.54. The molecule has 4 nitrogen and oxygen atoms in total. The van der Waals surface area contributed by atoms with Crippen LogP contribution in [0.3, 0.4) is 0 Å². The summed E-state index contributed by atoms with van der Waals surface area (Å²) in [6, 6.07) is 4.03. The van der Waals surface area contributed by atoms with Gasteiger partial charge in [-0.3, -0.25) is 4.79 Å². The molecule has 0 unspecified atom stereocenters. The Kier molecular flexibility index (Phi) is 6.07. The van der Waals surface area contributed by atoms with Crippen molar-refractivity contribution < 1.29 is 18.7 Å². The smallest absolute Gasteiger partial charge is 0.260 e. The third-order valence-electron chi connectivity index (χ3n) is 2.17. The Hall–Kier alpha value is -1.14. The maximum Gasteiger partial charge on any atom is 0.260 e. The van der Waals surface area contributed by atoms with Gasteiger partial charge in [0.1, 0.15) is 11.6 Å². The van der Waals surface area contributed by atoms with E-state index in [9.17, 15) is 9.18 Å². The van der Waals surface area contributed by atoms with E-state index in [1.807, 2.05) is 0 Å². The van der Waals surface area contributed by atoms with Gasteiger partial charge in [-0.1, -0.05) is 0 Å². The SMILES string of the molecule is COCCNC(=O)[C@@H](C)Oc1ccc(F)cc1Br. The summed E-state index contributed by atoms with van der Waals surface area (Å²) in [7, 11) is 1.56. The van der Waals surface area contributed by atoms with E-state index in [4.69, 9.17) is 9.47 Å². The third kappa shape index (κ3) is 4.62. The molecular weight excluding hydrogens is 305 g/mol. The Bertz CT molecular complexity index is 414. The number of amides is 1. The van der Waals surface area contributed by atoms with E-state index >= 15 is 0 Å². The highest BCUT2D eigenvalue weighted by atomic mass is 79.9. The molecule has 18 heavy (non-hydrogen) atoms. The fourth-order valence-corrected chi connectivity index (χ4v) is 1.68. The van der Waals surface area contributed by atoms with Gasteiger partial charge in [0.25, 0.3) is 5.91 Å². The molecule has 0 spiro atoms. The van der Waals surface area contributed by atoms with Crippen molar-refractivity contribution in [3.8, 4) is 5.75 Å². The molecule has 0 saturated carbocycles. The van der Waals surface area contributed by atoms with Gasteiger partial charge < -0.3 is 14.8 Å². The Balaban J connectivity index is 2.53. The van der Waals surface area contributed by atoms with E-state index in [2.05, 4.69) is 21.2 Å². The Morgan fingerprint density at radius 3 is 2.89 bits per heavy atom. The number of nitrogens with one attached hydrogen (secondary N) is 1. The molecule has 1 rings (SSSR count). The van der Waals surface area contributed by atoms with Gasteiger partial charge in [0, 0.05) is 13.7 Å². The summed E-state index contributed by atoms with van der Waals surface area (Å²) in [6.45, 7) is 2.49. The quantitative estimate of drug-likeness (QED) is 0.817. The molecule has 0 saturated heterocycles. The molecule has 1 N–H and O–H groups in total. The van der Waals surface area contributed by atoms with Gasteiger partial charge in [0.2, 0.25) is 0 Å². The second-order valence-electron chi connectivity index (χ2n) is 3.62. The maximum atomic E-state index is 12.9. The van der Waals surface area contributed by atoms with Crippen molar-refractivity contribution in [3.63, 3.8) is 0 Å². The van der Waals surface area contributed by atoms with Crippen LogP contribution in [0, 0.1) is 5.82 Å². The van der Waals surface area contributed by atoms with Gasteiger partial charge >= 0.3 is 0 Å². The summed E-state index contributed by atoms with van der Waals surface area (Å²) in [6.07, 6.45) is -0.663. The van der Waals surface area contributed by atoms with Crippen molar-refractivity contribution in [1.29, 1.82) is 0 Å². The molecule has 1 amide bonds. The van der Waals surface area contributed by atoms with Crippen LogP contribution in [0.25, 0.3) is 0 Å². The topological polar surface area (TPSA) is 47.6 Å². The predicted molar refractivity (Wildman–Crippen MR) is 69.1 cm³/mol. The molecule has 0 bridgehead atoms. The molecule has 0 radical (unpaired) electrons. The lowest BCUT2D eigenvalue weighted by Crippen LogP contribution is -2.37. The lowest BCUT2D eigenvalue weighted by Gasteiger charge is -2.15. The van der Waals surface area contributed by atoms with E-state index in [1.54, 1.807) is 14.0 Å². The summed E-state index contributed by atoms with van der Waals surface area (Å²) < 4.78 is 23.6. The zero-order valence-electron chi connectivity index (χ0n) is 10.2. The second kappa shape index (κ2) is 7.33. The number of ether oxygens (including phenoxy) is 2. The summed E-state index contributed by atoms with van der Waals surface area (Å²) in [4.78, 5) is 11.6. The van der Waals surface area contributed by atoms with Gasteiger partial charge in [-0.25, -0.2) is 4.39 Å². The van der Waals surface area contributed by atoms with E-state index in [0.29, 0.717) is 23.4 Å². The molecular formula is C12H15BrFNO3. The van der Waals surface area contributed by atoms with Gasteiger partial charge in [-0.15, -0.1) is 0 Å². The Morgan fingerprint density at radius 1 is 1.56 bits per heavy atom. The highest BCUT2D eigenvalue weighted by Gasteiger charge is 2.15. The molecule has 100 valence electrons. The van der Waals surface area contributed by atoms with Crippen LogP contribution in [0.15, 0.2) is 22.7 Å². The highest BCUT2D eigenvalue weighted by molar-refractivity contribution is 9.10. The van der Waals surface area contributed by atoms with Crippen molar-refractivity contribution in [2.45, 2.75) is 13.0 Å². The lowest BCUT2D eigenvalue weighted by molar-refractivity contribution is -0.127. The molecule has 0 aliphatic rings. The molecule has 1 aromatic rings. The van der Waals surface area contributed by atoms with E-state index in [0.717, 1.165) is 0 Å². The van der Waals surface area contributed by atoms with Crippen molar-refractivity contribution in [1.82, 2.24) is 5.32 Å². The largest absolute Gasteiger partial charge is 0.480 e. The normalized spacial score (nSPS) is 12.0. The number of methoxy groups -OCH3 is 1. The summed E-state index contributed by atoms with van der Waals surface area (Å²) in [5, 5.41) is 2.66.